The number of hydrogen-bond donors (Lipinski definition) is 2. The lowest BCUT2D eigenvalue weighted by atomic mass is 9.97. The van der Waals surface area contributed by atoms with E-state index < -0.39 is 6.10 Å². The molecule has 3 aromatic rings. The van der Waals surface area contributed by atoms with Gasteiger partial charge in [-0.25, -0.2) is 0 Å². The molecule has 1 aliphatic rings. The largest absolute Gasteiger partial charge is 0.460 e. The van der Waals surface area contributed by atoms with Gasteiger partial charge in [0.25, 0.3) is 5.91 Å². The number of aryl methyl sites for hydroxylation is 1. The number of ether oxygens (including phenoxy) is 1. The van der Waals surface area contributed by atoms with Crippen LogP contribution in [0.25, 0.3) is 11.5 Å². The number of H-pyrrole nitrogens is 1. The number of nitrogens with one attached hydrogen (secondary N) is 2. The van der Waals surface area contributed by atoms with Crippen molar-refractivity contribution in [1.29, 1.82) is 0 Å². The number of aromatic nitrogens is 2. The van der Waals surface area contributed by atoms with E-state index in [0.29, 0.717) is 18.2 Å². The highest BCUT2D eigenvalue weighted by atomic mass is 16.5. The predicted octanol–water partition coefficient (Wildman–Crippen LogP) is 3.54. The van der Waals surface area contributed by atoms with Crippen molar-refractivity contribution in [3.63, 3.8) is 0 Å². The first-order valence-corrected chi connectivity index (χ1v) is 8.25. The molecular formula is C19H19N3O3. The maximum absolute atomic E-state index is 12.7. The Kier molecular flexibility index (Phi) is 3.89. The zero-order valence-corrected chi connectivity index (χ0v) is 14.1. The van der Waals surface area contributed by atoms with Crippen molar-refractivity contribution >= 4 is 11.7 Å². The van der Waals surface area contributed by atoms with Gasteiger partial charge in [-0.1, -0.05) is 24.3 Å². The fourth-order valence-corrected chi connectivity index (χ4v) is 3.12. The minimum atomic E-state index is -0.615. The zero-order valence-electron chi connectivity index (χ0n) is 14.1. The average molecular weight is 337 g/mol. The maximum Gasteiger partial charge on any atom is 0.259 e. The molecular weight excluding hydrogens is 318 g/mol. The van der Waals surface area contributed by atoms with Gasteiger partial charge in [0, 0.05) is 5.56 Å². The lowest BCUT2D eigenvalue weighted by Gasteiger charge is -2.24. The number of aromatic amines is 1. The number of carbonyl (C=O) groups is 1. The summed E-state index contributed by atoms with van der Waals surface area (Å²) in [5, 5.41) is 10.0. The van der Waals surface area contributed by atoms with E-state index in [1.807, 2.05) is 50.2 Å². The van der Waals surface area contributed by atoms with Gasteiger partial charge in [0.15, 0.2) is 17.7 Å². The molecule has 0 saturated carbocycles. The van der Waals surface area contributed by atoms with Crippen LogP contribution in [-0.2, 0) is 16.0 Å². The molecule has 6 heteroatoms. The van der Waals surface area contributed by atoms with Crippen LogP contribution in [0.15, 0.2) is 40.8 Å². The van der Waals surface area contributed by atoms with Crippen molar-refractivity contribution < 1.29 is 13.9 Å². The van der Waals surface area contributed by atoms with Crippen molar-refractivity contribution in [1.82, 2.24) is 10.2 Å². The van der Waals surface area contributed by atoms with Gasteiger partial charge in [0.05, 0.1) is 6.61 Å². The van der Waals surface area contributed by atoms with Gasteiger partial charge >= 0.3 is 0 Å². The van der Waals surface area contributed by atoms with Crippen LogP contribution in [0.2, 0.25) is 0 Å². The summed E-state index contributed by atoms with van der Waals surface area (Å²) < 4.78 is 11.3. The quantitative estimate of drug-likeness (QED) is 0.766. The molecule has 1 atom stereocenters. The number of rotatable bonds is 3. The number of hydrogen-bond acceptors (Lipinski definition) is 4. The number of benzene rings is 1. The third-order valence-corrected chi connectivity index (χ3v) is 4.47. The second kappa shape index (κ2) is 6.22. The van der Waals surface area contributed by atoms with Crippen LogP contribution in [0.1, 0.15) is 28.6 Å². The monoisotopic (exact) mass is 337 g/mol. The first-order valence-electron chi connectivity index (χ1n) is 8.25. The van der Waals surface area contributed by atoms with Crippen LogP contribution < -0.4 is 5.32 Å². The van der Waals surface area contributed by atoms with Crippen molar-refractivity contribution in [2.75, 3.05) is 11.9 Å². The van der Waals surface area contributed by atoms with Crippen LogP contribution in [0.3, 0.4) is 0 Å². The molecule has 0 unspecified atom stereocenters. The Morgan fingerprint density at radius 1 is 1.24 bits per heavy atom. The van der Waals surface area contributed by atoms with Gasteiger partial charge in [-0.3, -0.25) is 9.89 Å². The molecule has 4 rings (SSSR count). The highest BCUT2D eigenvalue weighted by Crippen LogP contribution is 2.30. The molecule has 1 aromatic carbocycles. The van der Waals surface area contributed by atoms with Crippen molar-refractivity contribution in [2.24, 2.45) is 0 Å². The summed E-state index contributed by atoms with van der Waals surface area (Å²) in [4.78, 5) is 12.7. The average Bonchev–Trinajstić information content (AvgIpc) is 3.20. The van der Waals surface area contributed by atoms with Crippen LogP contribution in [0, 0.1) is 13.8 Å². The molecule has 25 heavy (non-hydrogen) atoms. The van der Waals surface area contributed by atoms with Crippen LogP contribution in [-0.4, -0.2) is 22.7 Å². The van der Waals surface area contributed by atoms with E-state index in [0.717, 1.165) is 34.6 Å². The highest BCUT2D eigenvalue weighted by Gasteiger charge is 2.28. The summed E-state index contributed by atoms with van der Waals surface area (Å²) in [6, 6.07) is 11.6. The Labute approximate surface area is 145 Å². The fourth-order valence-electron chi connectivity index (χ4n) is 3.12. The van der Waals surface area contributed by atoms with Gasteiger partial charge in [0.1, 0.15) is 11.5 Å². The smallest absolute Gasteiger partial charge is 0.259 e. The Balaban J connectivity index is 1.57. The molecule has 0 spiro atoms. The Hall–Kier alpha value is -2.86. The number of fused-ring (bicyclic) bond motifs is 1. The lowest BCUT2D eigenvalue weighted by molar-refractivity contribution is -0.128. The van der Waals surface area contributed by atoms with Gasteiger partial charge < -0.3 is 14.5 Å². The van der Waals surface area contributed by atoms with Crippen LogP contribution in [0.4, 0.5) is 5.82 Å². The van der Waals surface area contributed by atoms with E-state index in [2.05, 4.69) is 15.5 Å². The summed E-state index contributed by atoms with van der Waals surface area (Å²) in [6.07, 6.45) is 0.207. The molecule has 0 bridgehead atoms. The molecule has 1 amide bonds. The van der Waals surface area contributed by atoms with Gasteiger partial charge in [-0.2, -0.15) is 5.10 Å². The normalized spacial score (nSPS) is 16.5. The maximum atomic E-state index is 12.7. The molecule has 128 valence electrons. The Morgan fingerprint density at radius 3 is 2.88 bits per heavy atom. The molecule has 3 heterocycles. The zero-order chi connectivity index (χ0) is 17.4. The van der Waals surface area contributed by atoms with E-state index in [9.17, 15) is 4.79 Å². The summed E-state index contributed by atoms with van der Waals surface area (Å²) >= 11 is 0. The molecule has 0 radical (unpaired) electrons. The number of nitrogens with zero attached hydrogens (tertiary/aromatic N) is 1. The van der Waals surface area contributed by atoms with E-state index >= 15 is 0 Å². The van der Waals surface area contributed by atoms with Crippen molar-refractivity contribution in [2.45, 2.75) is 26.4 Å². The van der Waals surface area contributed by atoms with E-state index in [4.69, 9.17) is 9.15 Å². The molecule has 6 nitrogen and oxygen atoms in total. The third-order valence-electron chi connectivity index (χ3n) is 4.47. The standard InChI is InChI=1S/C19H19N3O3/c1-11-7-8-15(25-11)16-12(2)18(22-21-16)20-19(23)17-14-6-4-3-5-13(14)9-10-24-17/h3-8,17H,9-10H2,1-2H3,(H2,20,21,22,23)/t17-/m1/s1. The number of furan rings is 1. The summed E-state index contributed by atoms with van der Waals surface area (Å²) in [7, 11) is 0. The highest BCUT2D eigenvalue weighted by molar-refractivity contribution is 5.95. The number of amides is 1. The molecule has 0 saturated heterocycles. The first kappa shape index (κ1) is 15.7. The SMILES string of the molecule is Cc1ccc(-c2[nH]nc(NC(=O)[C@@H]3OCCc4ccccc43)c2C)o1. The minimum Gasteiger partial charge on any atom is -0.460 e. The van der Waals surface area contributed by atoms with Gasteiger partial charge in [-0.05, 0) is 43.5 Å². The molecule has 0 aliphatic carbocycles. The predicted molar refractivity (Wildman–Crippen MR) is 93.2 cm³/mol. The minimum absolute atomic E-state index is 0.219. The van der Waals surface area contributed by atoms with E-state index in [1.54, 1.807) is 0 Å². The van der Waals surface area contributed by atoms with Gasteiger partial charge in [-0.15, -0.1) is 0 Å². The second-order valence-corrected chi connectivity index (χ2v) is 6.17. The van der Waals surface area contributed by atoms with E-state index in [-0.39, 0.29) is 5.91 Å². The second-order valence-electron chi connectivity index (χ2n) is 6.17. The van der Waals surface area contributed by atoms with Crippen molar-refractivity contribution in [3.05, 3.63) is 58.8 Å². The summed E-state index contributed by atoms with van der Waals surface area (Å²) in [6.45, 7) is 4.31. The molecule has 0 fully saturated rings. The Morgan fingerprint density at radius 2 is 2.08 bits per heavy atom. The van der Waals surface area contributed by atoms with E-state index in [1.165, 1.54) is 0 Å². The third kappa shape index (κ3) is 2.85. The van der Waals surface area contributed by atoms with Crippen LogP contribution in [0.5, 0.6) is 0 Å². The summed E-state index contributed by atoms with van der Waals surface area (Å²) in [5.41, 5.74) is 3.65. The first-order chi connectivity index (χ1) is 12.1. The summed E-state index contributed by atoms with van der Waals surface area (Å²) in [5.74, 6) is 1.79. The lowest BCUT2D eigenvalue weighted by Crippen LogP contribution is -2.28. The topological polar surface area (TPSA) is 80.2 Å². The number of anilines is 1. The molecule has 2 aromatic heterocycles. The molecule has 1 aliphatic heterocycles. The van der Waals surface area contributed by atoms with Crippen molar-refractivity contribution in [3.8, 4) is 11.5 Å². The van der Waals surface area contributed by atoms with Crippen LogP contribution >= 0.6 is 0 Å². The van der Waals surface area contributed by atoms with Gasteiger partial charge in [0.2, 0.25) is 0 Å². The Bertz CT molecular complexity index is 926. The fraction of sp³-hybridized carbons (Fsp3) is 0.263. The number of carbonyl (C=O) groups excluding carboxylic acids is 1. The molecule has 2 N–H and O–H groups in total.